The molecule has 24 heavy (non-hydrogen) atoms. The van der Waals surface area contributed by atoms with Crippen LogP contribution >= 0.6 is 0 Å². The molecule has 0 bridgehead atoms. The Morgan fingerprint density at radius 3 is 2.04 bits per heavy atom. The molecule has 0 unspecified atom stereocenters. The molecule has 0 saturated heterocycles. The zero-order chi connectivity index (χ0) is 17.2. The highest BCUT2D eigenvalue weighted by Crippen LogP contribution is 2.33. The van der Waals surface area contributed by atoms with Gasteiger partial charge in [0.05, 0.1) is 15.4 Å². The van der Waals surface area contributed by atoms with Gasteiger partial charge >= 0.3 is 5.97 Å². The zero-order valence-corrected chi connectivity index (χ0v) is 13.9. The number of carboxylic acids is 1. The Labute approximate surface area is 141 Å². The number of allylic oxidation sites excluding steroid dienone is 1. The summed E-state index contributed by atoms with van der Waals surface area (Å²) >= 11 is 0. The molecular weight excluding hydrogens is 324 g/mol. The minimum Gasteiger partial charge on any atom is -0.478 e. The van der Waals surface area contributed by atoms with Gasteiger partial charge in [-0.05, 0) is 48.9 Å². The Balaban J connectivity index is 2.00. The minimum absolute atomic E-state index is 0.0355. The molecule has 0 aliphatic heterocycles. The summed E-state index contributed by atoms with van der Waals surface area (Å²) in [6.07, 6.45) is 2.03. The van der Waals surface area contributed by atoms with Crippen LogP contribution in [-0.2, 0) is 14.6 Å². The van der Waals surface area contributed by atoms with E-state index in [9.17, 15) is 18.3 Å². The van der Waals surface area contributed by atoms with Crippen LogP contribution in [0.1, 0.15) is 25.7 Å². The number of sulfone groups is 1. The summed E-state index contributed by atoms with van der Waals surface area (Å²) in [6, 6.07) is 16.3. The largest absolute Gasteiger partial charge is 0.478 e. The second-order valence-electron chi connectivity index (χ2n) is 5.81. The van der Waals surface area contributed by atoms with Crippen molar-refractivity contribution in [2.75, 3.05) is 0 Å². The van der Waals surface area contributed by atoms with Gasteiger partial charge in [-0.25, -0.2) is 13.2 Å². The lowest BCUT2D eigenvalue weighted by atomic mass is 9.99. The van der Waals surface area contributed by atoms with Crippen LogP contribution in [0.5, 0.6) is 0 Å². The second-order valence-corrected chi connectivity index (χ2v) is 7.78. The SMILES string of the molecule is O=C(O)C1=C(S(=O)(=O)c2ccc(-c3ccccc3)cc2)CCCC1. The smallest absolute Gasteiger partial charge is 0.332 e. The van der Waals surface area contributed by atoms with Gasteiger partial charge in [-0.2, -0.15) is 0 Å². The number of benzene rings is 2. The molecule has 1 aliphatic rings. The van der Waals surface area contributed by atoms with E-state index in [1.807, 2.05) is 30.3 Å². The maximum Gasteiger partial charge on any atom is 0.332 e. The fourth-order valence-electron chi connectivity index (χ4n) is 3.00. The Hall–Kier alpha value is -2.40. The van der Waals surface area contributed by atoms with Crippen molar-refractivity contribution in [3.8, 4) is 11.1 Å². The molecule has 3 rings (SSSR count). The van der Waals surface area contributed by atoms with Gasteiger partial charge in [0.2, 0.25) is 9.84 Å². The van der Waals surface area contributed by atoms with Crippen molar-refractivity contribution in [3.05, 3.63) is 65.1 Å². The molecule has 5 heteroatoms. The van der Waals surface area contributed by atoms with Crippen LogP contribution in [0.15, 0.2) is 70.0 Å². The zero-order valence-electron chi connectivity index (χ0n) is 13.1. The minimum atomic E-state index is -3.76. The first-order valence-electron chi connectivity index (χ1n) is 7.86. The first-order chi connectivity index (χ1) is 11.5. The van der Waals surface area contributed by atoms with Crippen molar-refractivity contribution in [2.45, 2.75) is 30.6 Å². The molecule has 1 aliphatic carbocycles. The Kier molecular flexibility index (Phi) is 4.53. The third kappa shape index (κ3) is 3.12. The third-order valence-electron chi connectivity index (χ3n) is 4.27. The predicted molar refractivity (Wildman–Crippen MR) is 92.2 cm³/mol. The van der Waals surface area contributed by atoms with Crippen LogP contribution in [0.4, 0.5) is 0 Å². The number of carbonyl (C=O) groups is 1. The van der Waals surface area contributed by atoms with E-state index in [-0.39, 0.29) is 15.4 Å². The Morgan fingerprint density at radius 1 is 0.833 bits per heavy atom. The van der Waals surface area contributed by atoms with Gasteiger partial charge in [-0.15, -0.1) is 0 Å². The van der Waals surface area contributed by atoms with Crippen molar-refractivity contribution in [1.82, 2.24) is 0 Å². The molecule has 2 aromatic carbocycles. The quantitative estimate of drug-likeness (QED) is 0.910. The summed E-state index contributed by atoms with van der Waals surface area (Å²) < 4.78 is 25.7. The standard InChI is InChI=1S/C19H18O4S/c20-19(21)17-8-4-5-9-18(17)24(22,23)16-12-10-15(11-13-16)14-6-2-1-3-7-14/h1-3,6-7,10-13H,4-5,8-9H2,(H,20,21). The fourth-order valence-corrected chi connectivity index (χ4v) is 4.71. The van der Waals surface area contributed by atoms with Gasteiger partial charge in [0.25, 0.3) is 0 Å². The molecule has 4 nitrogen and oxygen atoms in total. The average molecular weight is 342 g/mol. The summed E-state index contributed by atoms with van der Waals surface area (Å²) in [4.78, 5) is 11.6. The van der Waals surface area contributed by atoms with Crippen molar-refractivity contribution in [1.29, 1.82) is 0 Å². The van der Waals surface area contributed by atoms with E-state index in [1.54, 1.807) is 24.3 Å². The summed E-state index contributed by atoms with van der Waals surface area (Å²) in [5, 5.41) is 9.29. The van der Waals surface area contributed by atoms with Crippen molar-refractivity contribution in [2.24, 2.45) is 0 Å². The van der Waals surface area contributed by atoms with Gasteiger partial charge in [-0.3, -0.25) is 0 Å². The van der Waals surface area contributed by atoms with Gasteiger partial charge < -0.3 is 5.11 Å². The van der Waals surface area contributed by atoms with Gasteiger partial charge in [0.1, 0.15) is 0 Å². The Morgan fingerprint density at radius 2 is 1.42 bits per heavy atom. The fraction of sp³-hybridized carbons (Fsp3) is 0.211. The Bertz CT molecular complexity index is 879. The molecule has 2 aromatic rings. The van der Waals surface area contributed by atoms with Gasteiger partial charge in [-0.1, -0.05) is 42.5 Å². The lowest BCUT2D eigenvalue weighted by molar-refractivity contribution is -0.132. The van der Waals surface area contributed by atoms with Crippen molar-refractivity contribution >= 4 is 15.8 Å². The van der Waals surface area contributed by atoms with Gasteiger partial charge in [0, 0.05) is 0 Å². The molecule has 0 aromatic heterocycles. The number of aliphatic carboxylic acids is 1. The summed E-state index contributed by atoms with van der Waals surface area (Å²) in [6.45, 7) is 0. The van der Waals surface area contributed by atoms with Crippen molar-refractivity contribution < 1.29 is 18.3 Å². The highest BCUT2D eigenvalue weighted by atomic mass is 32.2. The number of rotatable bonds is 4. The van der Waals surface area contributed by atoms with Crippen LogP contribution in [0.2, 0.25) is 0 Å². The number of hydrogen-bond acceptors (Lipinski definition) is 3. The van der Waals surface area contributed by atoms with E-state index in [1.165, 1.54) is 0 Å². The highest BCUT2D eigenvalue weighted by molar-refractivity contribution is 7.95. The monoisotopic (exact) mass is 342 g/mol. The maximum atomic E-state index is 12.8. The maximum absolute atomic E-state index is 12.8. The van der Waals surface area contributed by atoms with E-state index < -0.39 is 15.8 Å². The molecule has 0 heterocycles. The lowest BCUT2D eigenvalue weighted by Gasteiger charge is -2.18. The van der Waals surface area contributed by atoms with Crippen LogP contribution in [0.25, 0.3) is 11.1 Å². The normalized spacial score (nSPS) is 15.3. The number of hydrogen-bond donors (Lipinski definition) is 1. The van der Waals surface area contributed by atoms with Crippen LogP contribution in [-0.4, -0.2) is 19.5 Å². The van der Waals surface area contributed by atoms with Crippen molar-refractivity contribution in [3.63, 3.8) is 0 Å². The molecule has 0 amide bonds. The molecule has 0 saturated carbocycles. The molecule has 1 N–H and O–H groups in total. The number of carboxylic acid groups (broad SMARTS) is 1. The second kappa shape index (κ2) is 6.61. The molecule has 0 radical (unpaired) electrons. The first-order valence-corrected chi connectivity index (χ1v) is 9.34. The van der Waals surface area contributed by atoms with Gasteiger partial charge in [0.15, 0.2) is 0 Å². The topological polar surface area (TPSA) is 71.4 Å². The highest BCUT2D eigenvalue weighted by Gasteiger charge is 2.29. The summed E-state index contributed by atoms with van der Waals surface area (Å²) in [5.74, 6) is -1.13. The molecule has 124 valence electrons. The van der Waals surface area contributed by atoms with E-state index in [0.29, 0.717) is 25.7 Å². The molecule has 0 fully saturated rings. The molecular formula is C19H18O4S. The van der Waals surface area contributed by atoms with Crippen LogP contribution in [0, 0.1) is 0 Å². The molecule has 0 spiro atoms. The average Bonchev–Trinajstić information content (AvgIpc) is 2.62. The van der Waals surface area contributed by atoms with E-state index >= 15 is 0 Å². The summed E-state index contributed by atoms with van der Waals surface area (Å²) in [7, 11) is -3.76. The predicted octanol–water partition coefficient (Wildman–Crippen LogP) is 4.04. The van der Waals surface area contributed by atoms with Crippen LogP contribution < -0.4 is 0 Å². The molecule has 0 atom stereocenters. The lowest BCUT2D eigenvalue weighted by Crippen LogP contribution is -2.16. The van der Waals surface area contributed by atoms with Crippen LogP contribution in [0.3, 0.4) is 0 Å². The van der Waals surface area contributed by atoms with E-state index in [4.69, 9.17) is 0 Å². The first kappa shape index (κ1) is 16.5. The van der Waals surface area contributed by atoms with E-state index in [0.717, 1.165) is 11.1 Å². The van der Waals surface area contributed by atoms with E-state index in [2.05, 4.69) is 0 Å². The third-order valence-corrected chi connectivity index (χ3v) is 6.26. The summed E-state index contributed by atoms with van der Waals surface area (Å²) in [5.41, 5.74) is 1.96.